The molecular weight excluding hydrogens is 375 g/mol. The molecule has 2 N–H and O–H groups in total. The van der Waals surface area contributed by atoms with Crippen molar-refractivity contribution in [3.63, 3.8) is 0 Å². The fourth-order valence-electron chi connectivity index (χ4n) is 2.04. The van der Waals surface area contributed by atoms with Crippen LogP contribution < -0.4 is 5.73 Å². The molecule has 21 heavy (non-hydrogen) atoms. The molecule has 0 aliphatic heterocycles. The molecule has 3 aromatic rings. The number of aromatic nitrogens is 1. The first-order chi connectivity index (χ1) is 10.1. The minimum absolute atomic E-state index is 0.262. The predicted molar refractivity (Wildman–Crippen MR) is 89.5 cm³/mol. The third-order valence-corrected chi connectivity index (χ3v) is 4.31. The zero-order valence-corrected chi connectivity index (χ0v) is 13.7. The SMILES string of the molecule is Nc1onc(-c2ccc(Cl)c(Cl)c2)c1-c1ccc(Br)cc1. The van der Waals surface area contributed by atoms with Crippen LogP contribution in [0.5, 0.6) is 0 Å². The summed E-state index contributed by atoms with van der Waals surface area (Å²) < 4.78 is 6.13. The molecule has 3 nitrogen and oxygen atoms in total. The molecule has 6 heteroatoms. The number of nitrogens with zero attached hydrogens (tertiary/aromatic N) is 1. The van der Waals surface area contributed by atoms with Gasteiger partial charge in [0.05, 0.1) is 15.6 Å². The van der Waals surface area contributed by atoms with E-state index < -0.39 is 0 Å². The summed E-state index contributed by atoms with van der Waals surface area (Å²) in [4.78, 5) is 0. The summed E-state index contributed by atoms with van der Waals surface area (Å²) in [6.45, 7) is 0. The molecule has 0 saturated carbocycles. The number of nitrogens with two attached hydrogens (primary N) is 1. The van der Waals surface area contributed by atoms with E-state index in [1.165, 1.54) is 0 Å². The fourth-order valence-corrected chi connectivity index (χ4v) is 2.60. The zero-order valence-electron chi connectivity index (χ0n) is 10.6. The van der Waals surface area contributed by atoms with E-state index in [1.54, 1.807) is 12.1 Å². The second-order valence-electron chi connectivity index (χ2n) is 4.41. The number of anilines is 1. The quantitative estimate of drug-likeness (QED) is 0.621. The number of hydrogen-bond acceptors (Lipinski definition) is 3. The molecule has 0 fully saturated rings. The number of halogens is 3. The van der Waals surface area contributed by atoms with Crippen LogP contribution >= 0.6 is 39.1 Å². The molecule has 1 aromatic heterocycles. The highest BCUT2D eigenvalue weighted by molar-refractivity contribution is 9.10. The summed E-state index contributed by atoms with van der Waals surface area (Å²) in [7, 11) is 0. The first-order valence-corrected chi connectivity index (χ1v) is 7.57. The maximum absolute atomic E-state index is 6.06. The van der Waals surface area contributed by atoms with E-state index >= 15 is 0 Å². The Morgan fingerprint density at radius 2 is 1.62 bits per heavy atom. The van der Waals surface area contributed by atoms with Crippen LogP contribution in [0.1, 0.15) is 0 Å². The highest BCUT2D eigenvalue weighted by Gasteiger charge is 2.18. The summed E-state index contributed by atoms with van der Waals surface area (Å²) >= 11 is 15.4. The molecule has 3 rings (SSSR count). The van der Waals surface area contributed by atoms with Crippen molar-refractivity contribution in [2.75, 3.05) is 5.73 Å². The normalized spacial score (nSPS) is 10.8. The van der Waals surface area contributed by atoms with E-state index in [9.17, 15) is 0 Å². The Balaban J connectivity index is 2.16. The Bertz CT molecular complexity index is 800. The van der Waals surface area contributed by atoms with Gasteiger partial charge in [-0.25, -0.2) is 0 Å². The van der Waals surface area contributed by atoms with Gasteiger partial charge in [0.1, 0.15) is 5.69 Å². The van der Waals surface area contributed by atoms with Crippen LogP contribution in [0.3, 0.4) is 0 Å². The zero-order chi connectivity index (χ0) is 15.0. The van der Waals surface area contributed by atoms with Crippen molar-refractivity contribution < 1.29 is 4.52 Å². The first kappa shape index (κ1) is 14.4. The monoisotopic (exact) mass is 382 g/mol. The van der Waals surface area contributed by atoms with E-state index in [-0.39, 0.29) is 5.88 Å². The molecule has 1 heterocycles. The second-order valence-corrected chi connectivity index (χ2v) is 6.14. The molecule has 0 saturated heterocycles. The third kappa shape index (κ3) is 2.79. The van der Waals surface area contributed by atoms with Crippen molar-refractivity contribution in [3.05, 3.63) is 57.0 Å². The van der Waals surface area contributed by atoms with Crippen molar-refractivity contribution in [3.8, 4) is 22.4 Å². The van der Waals surface area contributed by atoms with Gasteiger partial charge < -0.3 is 10.3 Å². The van der Waals surface area contributed by atoms with Crippen molar-refractivity contribution in [2.24, 2.45) is 0 Å². The molecule has 0 aliphatic carbocycles. The van der Waals surface area contributed by atoms with Gasteiger partial charge >= 0.3 is 0 Å². The second kappa shape index (κ2) is 5.72. The van der Waals surface area contributed by atoms with E-state index in [0.717, 1.165) is 21.2 Å². The van der Waals surface area contributed by atoms with E-state index in [4.69, 9.17) is 33.5 Å². The lowest BCUT2D eigenvalue weighted by molar-refractivity contribution is 0.439. The Labute approximate surface area is 139 Å². The van der Waals surface area contributed by atoms with E-state index in [0.29, 0.717) is 15.7 Å². The maximum Gasteiger partial charge on any atom is 0.230 e. The molecule has 106 valence electrons. The van der Waals surface area contributed by atoms with Gasteiger partial charge in [0, 0.05) is 10.0 Å². The van der Waals surface area contributed by atoms with Gasteiger partial charge in [0.15, 0.2) is 0 Å². The minimum atomic E-state index is 0.262. The topological polar surface area (TPSA) is 52.0 Å². The molecular formula is C15H9BrCl2N2O. The lowest BCUT2D eigenvalue weighted by atomic mass is 10.0. The number of benzene rings is 2. The molecule has 0 aliphatic rings. The summed E-state index contributed by atoms with van der Waals surface area (Å²) in [6.07, 6.45) is 0. The number of rotatable bonds is 2. The van der Waals surface area contributed by atoms with E-state index in [2.05, 4.69) is 21.1 Å². The first-order valence-electron chi connectivity index (χ1n) is 6.03. The van der Waals surface area contributed by atoms with Crippen LogP contribution in [0.2, 0.25) is 10.0 Å². The average Bonchev–Trinajstić information content (AvgIpc) is 2.85. The Hall–Kier alpha value is -1.49. The lowest BCUT2D eigenvalue weighted by Crippen LogP contribution is -1.88. The predicted octanol–water partition coefficient (Wildman–Crippen LogP) is 5.66. The molecule has 0 spiro atoms. The van der Waals surface area contributed by atoms with Crippen LogP contribution in [0.4, 0.5) is 5.88 Å². The number of hydrogen-bond donors (Lipinski definition) is 1. The number of nitrogen functional groups attached to an aromatic ring is 1. The molecule has 2 aromatic carbocycles. The molecule has 0 unspecified atom stereocenters. The highest BCUT2D eigenvalue weighted by Crippen LogP contribution is 2.38. The molecule has 0 atom stereocenters. The largest absolute Gasteiger partial charge is 0.367 e. The van der Waals surface area contributed by atoms with Gasteiger partial charge in [-0.3, -0.25) is 0 Å². The molecule has 0 amide bonds. The Morgan fingerprint density at radius 3 is 2.29 bits per heavy atom. The smallest absolute Gasteiger partial charge is 0.230 e. The third-order valence-electron chi connectivity index (χ3n) is 3.04. The fraction of sp³-hybridized carbons (Fsp3) is 0. The van der Waals surface area contributed by atoms with Gasteiger partial charge in [-0.15, -0.1) is 0 Å². The van der Waals surface area contributed by atoms with Gasteiger partial charge in [-0.2, -0.15) is 0 Å². The minimum Gasteiger partial charge on any atom is -0.367 e. The summed E-state index contributed by atoms with van der Waals surface area (Å²) in [5.41, 5.74) is 9.00. The summed E-state index contributed by atoms with van der Waals surface area (Å²) in [5.74, 6) is 0.262. The van der Waals surface area contributed by atoms with Crippen LogP contribution in [-0.2, 0) is 0 Å². The lowest BCUT2D eigenvalue weighted by Gasteiger charge is -2.04. The summed E-state index contributed by atoms with van der Waals surface area (Å²) in [6, 6.07) is 13.0. The van der Waals surface area contributed by atoms with Gasteiger partial charge in [0.25, 0.3) is 0 Å². The van der Waals surface area contributed by atoms with Crippen LogP contribution in [-0.4, -0.2) is 5.16 Å². The van der Waals surface area contributed by atoms with Crippen molar-refractivity contribution in [1.82, 2.24) is 5.16 Å². The van der Waals surface area contributed by atoms with Gasteiger partial charge in [-0.1, -0.05) is 62.5 Å². The van der Waals surface area contributed by atoms with Crippen molar-refractivity contribution in [1.29, 1.82) is 0 Å². The van der Waals surface area contributed by atoms with E-state index in [1.807, 2.05) is 30.3 Å². The van der Waals surface area contributed by atoms with Crippen LogP contribution in [0.15, 0.2) is 51.5 Å². The molecule has 0 radical (unpaired) electrons. The maximum atomic E-state index is 6.06. The average molecular weight is 384 g/mol. The van der Waals surface area contributed by atoms with Crippen molar-refractivity contribution >= 4 is 45.0 Å². The van der Waals surface area contributed by atoms with Crippen LogP contribution in [0, 0.1) is 0 Å². The van der Waals surface area contributed by atoms with Gasteiger partial charge in [0.2, 0.25) is 5.88 Å². The summed E-state index contributed by atoms with van der Waals surface area (Å²) in [5, 5.41) is 4.99. The van der Waals surface area contributed by atoms with Gasteiger partial charge in [-0.05, 0) is 29.8 Å². The Kier molecular flexibility index (Phi) is 3.93. The van der Waals surface area contributed by atoms with Crippen molar-refractivity contribution in [2.45, 2.75) is 0 Å². The Morgan fingerprint density at radius 1 is 0.952 bits per heavy atom. The molecule has 0 bridgehead atoms. The highest BCUT2D eigenvalue weighted by atomic mass is 79.9. The van der Waals surface area contributed by atoms with Crippen LogP contribution in [0.25, 0.3) is 22.4 Å². The standard InChI is InChI=1S/C15H9BrCl2N2O/c16-10-4-1-8(2-5-10)13-14(20-21-15(13)19)9-3-6-11(17)12(18)7-9/h1-7H,19H2.